The van der Waals surface area contributed by atoms with E-state index >= 15 is 0 Å². The highest BCUT2D eigenvalue weighted by Crippen LogP contribution is 2.36. The van der Waals surface area contributed by atoms with Crippen LogP contribution in [0.3, 0.4) is 0 Å². The Morgan fingerprint density at radius 2 is 1.81 bits per heavy atom. The van der Waals surface area contributed by atoms with E-state index in [1.807, 2.05) is 0 Å². The quantitative estimate of drug-likeness (QED) is 0.220. The number of thiocarbonyl (C=S) groups is 1. The Balaban J connectivity index is 1.81. The predicted molar refractivity (Wildman–Crippen MR) is 130 cm³/mol. The van der Waals surface area contributed by atoms with Crippen LogP contribution in [0.1, 0.15) is 21.5 Å². The van der Waals surface area contributed by atoms with Crippen molar-refractivity contribution in [2.24, 2.45) is 0 Å². The van der Waals surface area contributed by atoms with E-state index in [4.69, 9.17) is 22.1 Å². The number of benzene rings is 2. The molecule has 164 valence electrons. The second kappa shape index (κ2) is 10.2. The molecule has 2 aromatic carbocycles. The third kappa shape index (κ3) is 5.32. The average Bonchev–Trinajstić information content (AvgIpc) is 2.74. The lowest BCUT2D eigenvalue weighted by Gasteiger charge is -2.27. The van der Waals surface area contributed by atoms with Gasteiger partial charge in [0.1, 0.15) is 17.9 Å². The Labute approximate surface area is 206 Å². The minimum Gasteiger partial charge on any atom is -0.487 e. The smallest absolute Gasteiger partial charge is 0.335 e. The minimum atomic E-state index is -0.993. The summed E-state index contributed by atoms with van der Waals surface area (Å²) in [5, 5.41) is 11.5. The lowest BCUT2D eigenvalue weighted by atomic mass is 10.1. The van der Waals surface area contributed by atoms with E-state index in [1.54, 1.807) is 24.3 Å². The lowest BCUT2D eigenvalue weighted by molar-refractivity contribution is -0.128. The zero-order valence-electron chi connectivity index (χ0n) is 16.4. The summed E-state index contributed by atoms with van der Waals surface area (Å²) in [6.07, 6.45) is 2.99. The number of rotatable bonds is 7. The molecule has 1 aliphatic rings. The third-order valence-electron chi connectivity index (χ3n) is 4.41. The van der Waals surface area contributed by atoms with Crippen LogP contribution in [0.2, 0.25) is 0 Å². The Morgan fingerprint density at radius 1 is 1.19 bits per heavy atom. The van der Waals surface area contributed by atoms with Gasteiger partial charge in [-0.15, -0.1) is 6.58 Å². The number of hydrogen-bond acceptors (Lipinski definition) is 5. The van der Waals surface area contributed by atoms with Gasteiger partial charge in [0.25, 0.3) is 11.8 Å². The Hall–Kier alpha value is -2.82. The monoisotopic (exact) mass is 578 g/mol. The molecule has 0 aromatic heterocycles. The maximum absolute atomic E-state index is 12.7. The highest BCUT2D eigenvalue weighted by Gasteiger charge is 2.32. The van der Waals surface area contributed by atoms with Gasteiger partial charge in [0, 0.05) is 6.54 Å². The van der Waals surface area contributed by atoms with Crippen molar-refractivity contribution < 1.29 is 24.2 Å². The van der Waals surface area contributed by atoms with E-state index in [-0.39, 0.29) is 29.4 Å². The minimum absolute atomic E-state index is 0.0412. The molecule has 1 heterocycles. The van der Waals surface area contributed by atoms with Crippen LogP contribution in [0, 0.1) is 0 Å². The molecule has 0 unspecified atom stereocenters. The fraction of sp³-hybridized carbons (Fsp3) is 0.0909. The number of ether oxygens (including phenoxy) is 1. The van der Waals surface area contributed by atoms with Crippen molar-refractivity contribution >= 4 is 73.0 Å². The Kier molecular flexibility index (Phi) is 7.60. The molecular weight excluding hydrogens is 564 g/mol. The van der Waals surface area contributed by atoms with Crippen molar-refractivity contribution in [3.8, 4) is 5.75 Å². The predicted octanol–water partition coefficient (Wildman–Crippen LogP) is 4.30. The number of carbonyl (C=O) groups is 3. The van der Waals surface area contributed by atoms with Gasteiger partial charge in [0.05, 0.1) is 14.5 Å². The summed E-state index contributed by atoms with van der Waals surface area (Å²) in [5.41, 5.74) is 1.53. The van der Waals surface area contributed by atoms with E-state index in [0.29, 0.717) is 20.3 Å². The maximum atomic E-state index is 12.7. The summed E-state index contributed by atoms with van der Waals surface area (Å²) < 4.78 is 7.06. The average molecular weight is 580 g/mol. The van der Waals surface area contributed by atoms with Crippen molar-refractivity contribution in [2.75, 3.05) is 6.54 Å². The van der Waals surface area contributed by atoms with Gasteiger partial charge in [-0.2, -0.15) is 0 Å². The molecule has 1 saturated heterocycles. The van der Waals surface area contributed by atoms with Crippen molar-refractivity contribution in [1.82, 2.24) is 10.2 Å². The van der Waals surface area contributed by atoms with Gasteiger partial charge in [-0.25, -0.2) is 4.79 Å². The normalized spacial score (nSPS) is 15.0. The van der Waals surface area contributed by atoms with Crippen LogP contribution in [0.15, 0.2) is 63.6 Å². The maximum Gasteiger partial charge on any atom is 0.335 e. The van der Waals surface area contributed by atoms with Crippen LogP contribution in [0.4, 0.5) is 0 Å². The molecule has 32 heavy (non-hydrogen) atoms. The summed E-state index contributed by atoms with van der Waals surface area (Å²) in [7, 11) is 0. The van der Waals surface area contributed by atoms with Gasteiger partial charge in [-0.05, 0) is 85.5 Å². The molecule has 0 atom stereocenters. The first kappa shape index (κ1) is 23.8. The molecule has 0 bridgehead atoms. The molecule has 1 fully saturated rings. The number of nitrogens with one attached hydrogen (secondary N) is 1. The highest BCUT2D eigenvalue weighted by atomic mass is 79.9. The SMILES string of the molecule is C=CCN1C(=O)/C(=C/c2cc(Br)c(OCc3ccc(C(=O)O)cc3)c(Br)c2)C(=O)NC1=S. The van der Waals surface area contributed by atoms with Gasteiger partial charge in [0.2, 0.25) is 0 Å². The van der Waals surface area contributed by atoms with Crippen LogP contribution in [-0.2, 0) is 16.2 Å². The fourth-order valence-electron chi connectivity index (χ4n) is 2.86. The number of amides is 2. The molecule has 7 nitrogen and oxygen atoms in total. The van der Waals surface area contributed by atoms with Gasteiger partial charge in [-0.1, -0.05) is 18.2 Å². The zero-order valence-corrected chi connectivity index (χ0v) is 20.4. The molecule has 10 heteroatoms. The molecule has 3 rings (SSSR count). The molecule has 0 saturated carbocycles. The van der Waals surface area contributed by atoms with Crippen molar-refractivity contribution in [2.45, 2.75) is 6.61 Å². The molecule has 2 N–H and O–H groups in total. The number of aromatic carboxylic acids is 1. The van der Waals surface area contributed by atoms with Crippen molar-refractivity contribution in [1.29, 1.82) is 0 Å². The fourth-order valence-corrected chi connectivity index (χ4v) is 4.56. The number of halogens is 2. The van der Waals surface area contributed by atoms with Gasteiger partial charge in [0.15, 0.2) is 5.11 Å². The summed E-state index contributed by atoms with van der Waals surface area (Å²) in [5.74, 6) is -1.55. The van der Waals surface area contributed by atoms with Crippen LogP contribution >= 0.6 is 44.1 Å². The van der Waals surface area contributed by atoms with Crippen molar-refractivity contribution in [3.63, 3.8) is 0 Å². The van der Waals surface area contributed by atoms with Crippen LogP contribution in [0.25, 0.3) is 6.08 Å². The molecule has 0 aliphatic carbocycles. The summed E-state index contributed by atoms with van der Waals surface area (Å²) >= 11 is 12.0. The topological polar surface area (TPSA) is 95.9 Å². The van der Waals surface area contributed by atoms with Gasteiger partial charge < -0.3 is 9.84 Å². The van der Waals surface area contributed by atoms with Gasteiger partial charge >= 0.3 is 5.97 Å². The van der Waals surface area contributed by atoms with E-state index in [1.165, 1.54) is 29.2 Å². The molecule has 2 aromatic rings. The van der Waals surface area contributed by atoms with Crippen LogP contribution < -0.4 is 10.1 Å². The number of carbonyl (C=O) groups excluding carboxylic acids is 2. The first-order valence-electron chi connectivity index (χ1n) is 9.15. The molecule has 0 spiro atoms. The van der Waals surface area contributed by atoms with E-state index in [2.05, 4.69) is 43.8 Å². The number of carboxylic acid groups (broad SMARTS) is 1. The van der Waals surface area contributed by atoms with E-state index < -0.39 is 17.8 Å². The lowest BCUT2D eigenvalue weighted by Crippen LogP contribution is -2.53. The zero-order chi connectivity index (χ0) is 23.4. The Bertz CT molecular complexity index is 1140. The second-order valence-corrected chi connectivity index (χ2v) is 8.72. The molecule has 1 aliphatic heterocycles. The van der Waals surface area contributed by atoms with Crippen molar-refractivity contribution in [3.05, 3.63) is 80.3 Å². The number of nitrogens with zero attached hydrogens (tertiary/aromatic N) is 1. The summed E-state index contributed by atoms with van der Waals surface area (Å²) in [6, 6.07) is 9.80. The van der Waals surface area contributed by atoms with E-state index in [0.717, 1.165) is 5.56 Å². The molecule has 0 radical (unpaired) electrons. The summed E-state index contributed by atoms with van der Waals surface area (Å²) in [6.45, 7) is 4.00. The molecular formula is C22H16Br2N2O5S. The highest BCUT2D eigenvalue weighted by molar-refractivity contribution is 9.11. The largest absolute Gasteiger partial charge is 0.487 e. The third-order valence-corrected chi connectivity index (χ3v) is 5.91. The van der Waals surface area contributed by atoms with Crippen LogP contribution in [-0.4, -0.2) is 39.4 Å². The first-order chi connectivity index (χ1) is 15.2. The first-order valence-corrected chi connectivity index (χ1v) is 11.1. The van der Waals surface area contributed by atoms with E-state index in [9.17, 15) is 14.4 Å². The Morgan fingerprint density at radius 3 is 2.38 bits per heavy atom. The molecule has 2 amide bonds. The van der Waals surface area contributed by atoms with Crippen LogP contribution in [0.5, 0.6) is 5.75 Å². The number of hydrogen-bond donors (Lipinski definition) is 2. The number of carboxylic acids is 1. The van der Waals surface area contributed by atoms with Gasteiger partial charge in [-0.3, -0.25) is 19.8 Å². The standard InChI is InChI=1S/C22H16Br2N2O5S/c1-2-7-26-20(28)15(19(27)25-22(26)32)8-13-9-16(23)18(17(24)10-13)31-11-12-3-5-14(6-4-12)21(29)30/h2-6,8-10H,1,7,11H2,(H,29,30)(H,25,27,32)/b15-8+. The second-order valence-electron chi connectivity index (χ2n) is 6.63. The summed E-state index contributed by atoms with van der Waals surface area (Å²) in [4.78, 5) is 37.2.